The predicted octanol–water partition coefficient (Wildman–Crippen LogP) is 3.53. The number of hydrogen-bond acceptors (Lipinski definition) is 4. The molecule has 7 heteroatoms. The van der Waals surface area contributed by atoms with Crippen LogP contribution in [0.4, 0.5) is 5.69 Å². The second kappa shape index (κ2) is 6.31. The molecule has 2 aromatic rings. The molecular weight excluding hydrogens is 391 g/mol. The quantitative estimate of drug-likeness (QED) is 0.447. The van der Waals surface area contributed by atoms with Crippen LogP contribution in [0.25, 0.3) is 0 Å². The molecule has 1 aromatic heterocycles. The van der Waals surface area contributed by atoms with Crippen molar-refractivity contribution in [1.29, 1.82) is 0 Å². The van der Waals surface area contributed by atoms with Gasteiger partial charge in [-0.15, -0.1) is 0 Å². The van der Waals surface area contributed by atoms with Crippen molar-refractivity contribution in [3.63, 3.8) is 0 Å². The van der Waals surface area contributed by atoms with E-state index in [1.807, 2.05) is 39.4 Å². The van der Waals surface area contributed by atoms with E-state index in [0.29, 0.717) is 15.7 Å². The first-order valence-electron chi connectivity index (χ1n) is 5.69. The fourth-order valence-electron chi connectivity index (χ4n) is 1.72. The van der Waals surface area contributed by atoms with Crippen LogP contribution < -0.4 is 0 Å². The Labute approximate surface area is 133 Å². The van der Waals surface area contributed by atoms with E-state index in [4.69, 9.17) is 0 Å². The molecule has 1 heterocycles. The van der Waals surface area contributed by atoms with E-state index >= 15 is 0 Å². The molecule has 0 bridgehead atoms. The molecule has 0 saturated carbocycles. The number of carbonyl (C=O) groups excluding carboxylic acids is 1. The summed E-state index contributed by atoms with van der Waals surface area (Å²) in [5.74, 6) is -0.218. The summed E-state index contributed by atoms with van der Waals surface area (Å²) >= 11 is 3.58. The highest BCUT2D eigenvalue weighted by atomic mass is 127. The molecule has 0 saturated heterocycles. The Kier molecular flexibility index (Phi) is 4.71. The summed E-state index contributed by atoms with van der Waals surface area (Å²) in [4.78, 5) is 24.2. The van der Waals surface area contributed by atoms with Gasteiger partial charge in [0.2, 0.25) is 0 Å². The molecule has 0 unspecified atom stereocenters. The number of halogens is 1. The number of nitro groups is 1. The van der Waals surface area contributed by atoms with Crippen LogP contribution in [0, 0.1) is 13.7 Å². The lowest BCUT2D eigenvalue weighted by Gasteiger charge is -2.17. The molecule has 104 valence electrons. The molecule has 1 aromatic carbocycles. The first-order valence-corrected chi connectivity index (χ1v) is 7.71. The maximum Gasteiger partial charge on any atom is 0.270 e. The highest BCUT2D eigenvalue weighted by Crippen LogP contribution is 2.21. The first kappa shape index (κ1) is 14.9. The smallest absolute Gasteiger partial charge is 0.270 e. The van der Waals surface area contributed by atoms with E-state index in [-0.39, 0.29) is 11.6 Å². The van der Waals surface area contributed by atoms with Gasteiger partial charge in [-0.1, -0.05) is 0 Å². The maximum absolute atomic E-state index is 12.4. The summed E-state index contributed by atoms with van der Waals surface area (Å²) in [5, 5.41) is 14.7. The van der Waals surface area contributed by atoms with E-state index in [1.165, 1.54) is 12.1 Å². The average Bonchev–Trinajstić information content (AvgIpc) is 2.91. The van der Waals surface area contributed by atoms with Gasteiger partial charge in [0.25, 0.3) is 11.6 Å². The molecule has 0 aliphatic heterocycles. The van der Waals surface area contributed by atoms with Gasteiger partial charge in [0.15, 0.2) is 0 Å². The molecular formula is C13H11IN2O3S. The minimum atomic E-state index is -0.494. The van der Waals surface area contributed by atoms with Crippen molar-refractivity contribution in [3.8, 4) is 0 Å². The van der Waals surface area contributed by atoms with Crippen molar-refractivity contribution >= 4 is 45.5 Å². The van der Waals surface area contributed by atoms with E-state index in [0.717, 1.165) is 5.56 Å². The molecule has 0 radical (unpaired) electrons. The number of non-ortho nitro benzene ring substituents is 1. The van der Waals surface area contributed by atoms with E-state index in [2.05, 4.69) is 0 Å². The van der Waals surface area contributed by atoms with Gasteiger partial charge < -0.3 is 4.90 Å². The summed E-state index contributed by atoms with van der Waals surface area (Å²) in [6.07, 6.45) is 0. The van der Waals surface area contributed by atoms with Gasteiger partial charge in [0, 0.05) is 29.3 Å². The zero-order chi connectivity index (χ0) is 14.7. The summed E-state index contributed by atoms with van der Waals surface area (Å²) in [6.45, 7) is 0.487. The maximum atomic E-state index is 12.4. The Morgan fingerprint density at radius 3 is 2.80 bits per heavy atom. The molecule has 20 heavy (non-hydrogen) atoms. The lowest BCUT2D eigenvalue weighted by molar-refractivity contribution is -0.384. The minimum absolute atomic E-state index is 0.0716. The van der Waals surface area contributed by atoms with Crippen LogP contribution in [0.2, 0.25) is 0 Å². The second-order valence-electron chi connectivity index (χ2n) is 4.21. The Balaban J connectivity index is 2.23. The Hall–Kier alpha value is -1.48. The van der Waals surface area contributed by atoms with E-state index in [9.17, 15) is 14.9 Å². The van der Waals surface area contributed by atoms with Crippen molar-refractivity contribution in [2.45, 2.75) is 6.54 Å². The summed E-state index contributed by atoms with van der Waals surface area (Å²) in [5.41, 5.74) is 1.33. The van der Waals surface area contributed by atoms with Crippen LogP contribution >= 0.6 is 33.9 Å². The number of hydrogen-bond donors (Lipinski definition) is 0. The number of benzene rings is 1. The van der Waals surface area contributed by atoms with Crippen LogP contribution in [0.3, 0.4) is 0 Å². The van der Waals surface area contributed by atoms with Gasteiger partial charge in [-0.25, -0.2) is 0 Å². The van der Waals surface area contributed by atoms with Gasteiger partial charge >= 0.3 is 0 Å². The highest BCUT2D eigenvalue weighted by Gasteiger charge is 2.18. The number of nitro benzene ring substituents is 1. The minimum Gasteiger partial charge on any atom is -0.337 e. The van der Waals surface area contributed by atoms with Gasteiger partial charge in [-0.05, 0) is 51.0 Å². The van der Waals surface area contributed by atoms with Gasteiger partial charge in [0.1, 0.15) is 0 Å². The topological polar surface area (TPSA) is 63.5 Å². The van der Waals surface area contributed by atoms with E-state index in [1.54, 1.807) is 29.4 Å². The highest BCUT2D eigenvalue weighted by molar-refractivity contribution is 14.1. The number of thiophene rings is 1. The predicted molar refractivity (Wildman–Crippen MR) is 85.9 cm³/mol. The lowest BCUT2D eigenvalue weighted by atomic mass is 10.1. The summed E-state index contributed by atoms with van der Waals surface area (Å²) in [7, 11) is 1.69. The SMILES string of the molecule is CN(Cc1ccsc1)C(=O)c1cc([N+](=O)[O-])ccc1I. The number of carbonyl (C=O) groups is 1. The molecule has 2 rings (SSSR count). The zero-order valence-electron chi connectivity index (χ0n) is 10.6. The molecule has 0 atom stereocenters. The normalized spacial score (nSPS) is 10.3. The van der Waals surface area contributed by atoms with Crippen LogP contribution in [-0.4, -0.2) is 22.8 Å². The van der Waals surface area contributed by atoms with Crippen molar-refractivity contribution in [2.24, 2.45) is 0 Å². The monoisotopic (exact) mass is 402 g/mol. The molecule has 1 amide bonds. The fourth-order valence-corrected chi connectivity index (χ4v) is 2.95. The van der Waals surface area contributed by atoms with Gasteiger partial charge in [0.05, 0.1) is 10.5 Å². The Morgan fingerprint density at radius 1 is 1.45 bits per heavy atom. The zero-order valence-corrected chi connectivity index (χ0v) is 13.6. The summed E-state index contributed by atoms with van der Waals surface area (Å²) < 4.78 is 0.704. The molecule has 0 spiro atoms. The fraction of sp³-hybridized carbons (Fsp3) is 0.154. The largest absolute Gasteiger partial charge is 0.337 e. The third-order valence-electron chi connectivity index (χ3n) is 2.74. The third-order valence-corrected chi connectivity index (χ3v) is 4.41. The summed E-state index contributed by atoms with van der Waals surface area (Å²) in [6, 6.07) is 6.27. The standard InChI is InChI=1S/C13H11IN2O3S/c1-15(7-9-4-5-20-8-9)13(17)11-6-10(16(18)19)2-3-12(11)14/h2-6,8H,7H2,1H3. The third kappa shape index (κ3) is 3.34. The lowest BCUT2D eigenvalue weighted by Crippen LogP contribution is -2.26. The number of nitrogens with zero attached hydrogens (tertiary/aromatic N) is 2. The van der Waals surface area contributed by atoms with Gasteiger partial charge in [-0.3, -0.25) is 14.9 Å². The van der Waals surface area contributed by atoms with Crippen LogP contribution in [0.1, 0.15) is 15.9 Å². The molecule has 0 aliphatic rings. The van der Waals surface area contributed by atoms with E-state index < -0.39 is 4.92 Å². The van der Waals surface area contributed by atoms with Crippen molar-refractivity contribution < 1.29 is 9.72 Å². The van der Waals surface area contributed by atoms with Gasteiger partial charge in [-0.2, -0.15) is 11.3 Å². The van der Waals surface area contributed by atoms with Crippen molar-refractivity contribution in [2.75, 3.05) is 7.05 Å². The van der Waals surface area contributed by atoms with Crippen molar-refractivity contribution in [3.05, 3.63) is 59.8 Å². The Bertz CT molecular complexity index is 643. The number of amides is 1. The second-order valence-corrected chi connectivity index (χ2v) is 6.16. The first-order chi connectivity index (χ1) is 9.49. The van der Waals surface area contributed by atoms with Crippen molar-refractivity contribution in [1.82, 2.24) is 4.90 Å². The number of rotatable bonds is 4. The molecule has 0 fully saturated rings. The Morgan fingerprint density at radius 2 is 2.20 bits per heavy atom. The molecule has 5 nitrogen and oxygen atoms in total. The van der Waals surface area contributed by atoms with Crippen LogP contribution in [0.5, 0.6) is 0 Å². The van der Waals surface area contributed by atoms with Crippen LogP contribution in [0.15, 0.2) is 35.0 Å². The average molecular weight is 402 g/mol. The molecule has 0 N–H and O–H groups in total. The molecule has 0 aliphatic carbocycles. The van der Waals surface area contributed by atoms with Crippen LogP contribution in [-0.2, 0) is 6.54 Å².